The van der Waals surface area contributed by atoms with Gasteiger partial charge in [0.15, 0.2) is 11.6 Å². The molecule has 0 bridgehead atoms. The summed E-state index contributed by atoms with van der Waals surface area (Å²) in [6.45, 7) is 2.94. The maximum Gasteiger partial charge on any atom is 0.256 e. The summed E-state index contributed by atoms with van der Waals surface area (Å²) < 4.78 is 28.0. The Bertz CT molecular complexity index is 1060. The molecular weight excluding hydrogens is 428 g/mol. The molecule has 1 saturated heterocycles. The number of nitrogens with zero attached hydrogens (tertiary/aromatic N) is 6. The van der Waals surface area contributed by atoms with Crippen molar-refractivity contribution in [1.29, 1.82) is 0 Å². The van der Waals surface area contributed by atoms with E-state index in [-0.39, 0.29) is 23.2 Å². The Morgan fingerprint density at radius 2 is 1.87 bits per heavy atom. The highest BCUT2D eigenvalue weighted by Crippen LogP contribution is 2.28. The third kappa shape index (κ3) is 4.48. The van der Waals surface area contributed by atoms with Gasteiger partial charge in [0.05, 0.1) is 41.4 Å². The van der Waals surface area contributed by atoms with Gasteiger partial charge < -0.3 is 10.2 Å². The molecule has 1 fully saturated rings. The minimum absolute atomic E-state index is 0.00283. The number of aromatic nitrogens is 5. The predicted octanol–water partition coefficient (Wildman–Crippen LogP) is 3.34. The molecule has 0 saturated carbocycles. The molecule has 2 aromatic heterocycles. The Morgan fingerprint density at radius 3 is 2.58 bits per heavy atom. The Hall–Kier alpha value is -3.14. The highest BCUT2D eigenvalue weighted by molar-refractivity contribution is 6.30. The number of anilines is 1. The summed E-state index contributed by atoms with van der Waals surface area (Å²) >= 11 is 5.82. The van der Waals surface area contributed by atoms with E-state index in [0.29, 0.717) is 24.1 Å². The average molecular weight is 448 g/mol. The molecule has 1 aliphatic heterocycles. The molecule has 3 heterocycles. The molecule has 1 aromatic carbocycles. The summed E-state index contributed by atoms with van der Waals surface area (Å²) in [5.41, 5.74) is 0.0804. The van der Waals surface area contributed by atoms with Crippen LogP contribution in [0.4, 0.5) is 14.7 Å². The lowest BCUT2D eigenvalue weighted by atomic mass is 9.90. The lowest BCUT2D eigenvalue weighted by molar-refractivity contribution is 0.0539. The van der Waals surface area contributed by atoms with E-state index in [9.17, 15) is 13.6 Å². The zero-order valence-corrected chi connectivity index (χ0v) is 17.4. The molecule has 11 heteroatoms. The summed E-state index contributed by atoms with van der Waals surface area (Å²) in [6.07, 6.45) is 7.50. The van der Waals surface area contributed by atoms with E-state index < -0.39 is 17.5 Å². The number of piperidine rings is 1. The van der Waals surface area contributed by atoms with E-state index in [0.717, 1.165) is 29.8 Å². The van der Waals surface area contributed by atoms with Crippen molar-refractivity contribution in [2.24, 2.45) is 5.92 Å². The number of amides is 1. The van der Waals surface area contributed by atoms with Gasteiger partial charge in [-0.15, -0.1) is 0 Å². The van der Waals surface area contributed by atoms with Crippen molar-refractivity contribution in [3.05, 3.63) is 59.1 Å². The van der Waals surface area contributed by atoms with Crippen LogP contribution >= 0.6 is 11.6 Å². The molecule has 1 aliphatic rings. The van der Waals surface area contributed by atoms with Gasteiger partial charge in [0.1, 0.15) is 5.69 Å². The van der Waals surface area contributed by atoms with Crippen molar-refractivity contribution in [3.8, 4) is 5.69 Å². The summed E-state index contributed by atoms with van der Waals surface area (Å²) in [6, 6.07) is 1.64. The van der Waals surface area contributed by atoms with Crippen LogP contribution in [0.3, 0.4) is 0 Å². The molecule has 1 amide bonds. The predicted molar refractivity (Wildman–Crippen MR) is 110 cm³/mol. The monoisotopic (exact) mass is 447 g/mol. The fraction of sp³-hybridized carbons (Fsp3) is 0.350. The van der Waals surface area contributed by atoms with E-state index in [1.807, 2.05) is 0 Å². The third-order valence-electron chi connectivity index (χ3n) is 5.37. The number of nitrogens with one attached hydrogen (secondary N) is 1. The average Bonchev–Trinajstić information content (AvgIpc) is 3.30. The standard InChI is InChI=1S/C20H20ClF2N7O/c1-12-3-2-6-29(18(12)11-26-20-24-9-13(21)10-25-20)19(31)14-7-15(22)16(23)8-17(14)30-27-4-5-28-30/h4-5,7-10,12,18H,2-3,6,11H2,1H3,(H,24,25,26). The van der Waals surface area contributed by atoms with Gasteiger partial charge in [-0.2, -0.15) is 15.0 Å². The second kappa shape index (κ2) is 8.93. The van der Waals surface area contributed by atoms with E-state index in [4.69, 9.17) is 11.6 Å². The van der Waals surface area contributed by atoms with Crippen LogP contribution in [-0.2, 0) is 0 Å². The molecule has 2 unspecified atom stereocenters. The number of halogens is 3. The summed E-state index contributed by atoms with van der Waals surface area (Å²) in [4.78, 5) is 24.5. The van der Waals surface area contributed by atoms with Gasteiger partial charge in [-0.25, -0.2) is 18.7 Å². The number of hydrogen-bond acceptors (Lipinski definition) is 6. The zero-order valence-electron chi connectivity index (χ0n) is 16.7. The molecule has 2 atom stereocenters. The highest BCUT2D eigenvalue weighted by Gasteiger charge is 2.34. The quantitative estimate of drug-likeness (QED) is 0.645. The number of benzene rings is 1. The van der Waals surface area contributed by atoms with Crippen molar-refractivity contribution in [3.63, 3.8) is 0 Å². The molecular formula is C20H20ClF2N7O. The zero-order chi connectivity index (χ0) is 22.0. The number of hydrogen-bond donors (Lipinski definition) is 1. The molecule has 8 nitrogen and oxygen atoms in total. The van der Waals surface area contributed by atoms with Crippen molar-refractivity contribution in [2.45, 2.75) is 25.8 Å². The van der Waals surface area contributed by atoms with Crippen LogP contribution in [0.5, 0.6) is 0 Å². The van der Waals surface area contributed by atoms with E-state index >= 15 is 0 Å². The van der Waals surface area contributed by atoms with Crippen molar-refractivity contribution in [2.75, 3.05) is 18.4 Å². The van der Waals surface area contributed by atoms with Gasteiger partial charge in [-0.3, -0.25) is 4.79 Å². The van der Waals surface area contributed by atoms with Gasteiger partial charge in [-0.1, -0.05) is 18.5 Å². The molecule has 1 N–H and O–H groups in total. The first kappa shape index (κ1) is 21.1. The van der Waals surface area contributed by atoms with Crippen LogP contribution in [0.1, 0.15) is 30.1 Å². The minimum atomic E-state index is -1.10. The van der Waals surface area contributed by atoms with Gasteiger partial charge in [-0.05, 0) is 24.8 Å². The van der Waals surface area contributed by atoms with Crippen molar-refractivity contribution >= 4 is 23.5 Å². The summed E-state index contributed by atoms with van der Waals surface area (Å²) in [5.74, 6) is -2.03. The van der Waals surface area contributed by atoms with E-state index in [1.54, 1.807) is 4.90 Å². The lowest BCUT2D eigenvalue weighted by Crippen LogP contribution is -2.51. The second-order valence-electron chi connectivity index (χ2n) is 7.39. The highest BCUT2D eigenvalue weighted by atomic mass is 35.5. The first-order chi connectivity index (χ1) is 14.9. The van der Waals surface area contributed by atoms with Gasteiger partial charge in [0.25, 0.3) is 5.91 Å². The first-order valence-electron chi connectivity index (χ1n) is 9.82. The molecule has 0 spiro atoms. The van der Waals surface area contributed by atoms with Crippen LogP contribution < -0.4 is 5.32 Å². The van der Waals surface area contributed by atoms with Crippen LogP contribution in [0, 0.1) is 17.6 Å². The third-order valence-corrected chi connectivity index (χ3v) is 5.56. The fourth-order valence-corrected chi connectivity index (χ4v) is 3.88. The van der Waals surface area contributed by atoms with Crippen LogP contribution in [0.25, 0.3) is 5.69 Å². The van der Waals surface area contributed by atoms with Crippen molar-refractivity contribution < 1.29 is 13.6 Å². The van der Waals surface area contributed by atoms with E-state index in [2.05, 4.69) is 32.4 Å². The second-order valence-corrected chi connectivity index (χ2v) is 7.83. The van der Waals surface area contributed by atoms with Crippen molar-refractivity contribution in [1.82, 2.24) is 29.9 Å². The molecule has 0 aliphatic carbocycles. The van der Waals surface area contributed by atoms with Crippen LogP contribution in [0.2, 0.25) is 5.02 Å². The first-order valence-corrected chi connectivity index (χ1v) is 10.2. The number of carbonyl (C=O) groups is 1. The van der Waals surface area contributed by atoms with Crippen LogP contribution in [-0.4, -0.2) is 54.9 Å². The lowest BCUT2D eigenvalue weighted by Gasteiger charge is -2.40. The maximum atomic E-state index is 14.1. The molecule has 162 valence electrons. The smallest absolute Gasteiger partial charge is 0.256 e. The topological polar surface area (TPSA) is 88.8 Å². The normalized spacial score (nSPS) is 18.8. The number of likely N-dealkylation sites (tertiary alicyclic amines) is 1. The Kier molecular flexibility index (Phi) is 6.08. The van der Waals surface area contributed by atoms with E-state index in [1.165, 1.54) is 24.8 Å². The Morgan fingerprint density at radius 1 is 1.19 bits per heavy atom. The maximum absolute atomic E-state index is 14.1. The summed E-state index contributed by atoms with van der Waals surface area (Å²) in [7, 11) is 0. The molecule has 4 rings (SSSR count). The van der Waals surface area contributed by atoms with Gasteiger partial charge in [0, 0.05) is 19.2 Å². The largest absolute Gasteiger partial charge is 0.352 e. The molecule has 31 heavy (non-hydrogen) atoms. The number of rotatable bonds is 5. The van der Waals surface area contributed by atoms with Gasteiger partial charge >= 0.3 is 0 Å². The molecule has 0 radical (unpaired) electrons. The number of carbonyl (C=O) groups excluding carboxylic acids is 1. The minimum Gasteiger partial charge on any atom is -0.352 e. The summed E-state index contributed by atoms with van der Waals surface area (Å²) in [5, 5.41) is 11.5. The van der Waals surface area contributed by atoms with Gasteiger partial charge in [0.2, 0.25) is 5.95 Å². The fourth-order valence-electron chi connectivity index (χ4n) is 3.78. The molecule has 3 aromatic rings. The Balaban J connectivity index is 1.62. The SMILES string of the molecule is CC1CCCN(C(=O)c2cc(F)c(F)cc2-n2nccn2)C1CNc1ncc(Cl)cn1. The Labute approximate surface area is 182 Å². The van der Waals surface area contributed by atoms with Crippen LogP contribution in [0.15, 0.2) is 36.9 Å².